The topological polar surface area (TPSA) is 30.5 Å². The Morgan fingerprint density at radius 3 is 2.50 bits per heavy atom. The van der Waals surface area contributed by atoms with Gasteiger partial charge in [-0.25, -0.2) is 0 Å². The van der Waals surface area contributed by atoms with E-state index in [1.54, 1.807) is 7.11 Å². The van der Waals surface area contributed by atoms with E-state index < -0.39 is 0 Å². The molecule has 74 valence electrons. The number of unbranched alkanes of at least 4 members (excludes halogenated alkanes) is 1. The maximum atomic E-state index is 5.51. The van der Waals surface area contributed by atoms with Crippen molar-refractivity contribution in [3.05, 3.63) is 0 Å². The van der Waals surface area contributed by atoms with Gasteiger partial charge in [0.2, 0.25) is 0 Å². The maximum absolute atomic E-state index is 5.51. The minimum atomic E-state index is 0.317. The van der Waals surface area contributed by atoms with E-state index in [9.17, 15) is 0 Å². The number of ether oxygens (including phenoxy) is 2. The predicted octanol–water partition coefficient (Wildman–Crippen LogP) is 1.04. The second kappa shape index (κ2) is 8.97. The molecule has 0 aromatic rings. The van der Waals surface area contributed by atoms with Crippen LogP contribution < -0.4 is 5.32 Å². The second-order valence-electron chi connectivity index (χ2n) is 2.94. The van der Waals surface area contributed by atoms with Gasteiger partial charge < -0.3 is 14.8 Å². The molecule has 0 aliphatic rings. The minimum Gasteiger partial charge on any atom is -0.385 e. The van der Waals surface area contributed by atoms with Gasteiger partial charge in [0, 0.05) is 26.9 Å². The van der Waals surface area contributed by atoms with Gasteiger partial charge in [-0.2, -0.15) is 0 Å². The van der Waals surface area contributed by atoms with Crippen LogP contribution in [-0.4, -0.2) is 40.0 Å². The molecular formula is C9H21NO2. The smallest absolute Gasteiger partial charge is 0.0671 e. The lowest BCUT2D eigenvalue weighted by Crippen LogP contribution is -2.23. The van der Waals surface area contributed by atoms with Gasteiger partial charge in [0.15, 0.2) is 0 Å². The summed E-state index contributed by atoms with van der Waals surface area (Å²) in [5, 5.41) is 3.07. The molecule has 0 aromatic carbocycles. The van der Waals surface area contributed by atoms with E-state index in [2.05, 4.69) is 12.2 Å². The van der Waals surface area contributed by atoms with Crippen molar-refractivity contribution in [2.75, 3.05) is 33.9 Å². The molecule has 0 aliphatic carbocycles. The molecule has 0 saturated carbocycles. The largest absolute Gasteiger partial charge is 0.385 e. The summed E-state index contributed by atoms with van der Waals surface area (Å²) in [4.78, 5) is 0. The van der Waals surface area contributed by atoms with Crippen molar-refractivity contribution < 1.29 is 9.47 Å². The Morgan fingerprint density at radius 1 is 1.25 bits per heavy atom. The van der Waals surface area contributed by atoms with Crippen LogP contribution in [0, 0.1) is 0 Å². The molecule has 0 amide bonds. The average Bonchev–Trinajstić information content (AvgIpc) is 2.05. The van der Waals surface area contributed by atoms with Gasteiger partial charge in [-0.15, -0.1) is 0 Å². The summed E-state index contributed by atoms with van der Waals surface area (Å²) in [7, 11) is 3.66. The molecule has 3 heteroatoms. The van der Waals surface area contributed by atoms with E-state index in [4.69, 9.17) is 9.47 Å². The van der Waals surface area contributed by atoms with Crippen LogP contribution in [0.5, 0.6) is 0 Å². The van der Waals surface area contributed by atoms with E-state index in [-0.39, 0.29) is 0 Å². The number of likely N-dealkylation sites (N-methyl/N-ethyl adjacent to an activating group) is 1. The lowest BCUT2D eigenvalue weighted by molar-refractivity contribution is 0.0604. The summed E-state index contributed by atoms with van der Waals surface area (Å²) in [5.74, 6) is 0. The van der Waals surface area contributed by atoms with Gasteiger partial charge in [-0.05, 0) is 26.8 Å². The zero-order valence-corrected chi connectivity index (χ0v) is 8.43. The fourth-order valence-electron chi connectivity index (χ4n) is 0.979. The van der Waals surface area contributed by atoms with Crippen LogP contribution >= 0.6 is 0 Å². The third-order valence-electron chi connectivity index (χ3n) is 1.64. The number of hydrogen-bond donors (Lipinski definition) is 1. The third kappa shape index (κ3) is 7.98. The van der Waals surface area contributed by atoms with Crippen LogP contribution in [0.25, 0.3) is 0 Å². The molecule has 1 N–H and O–H groups in total. The third-order valence-corrected chi connectivity index (χ3v) is 1.64. The lowest BCUT2D eigenvalue weighted by Gasteiger charge is -2.11. The highest BCUT2D eigenvalue weighted by Crippen LogP contribution is 1.94. The molecule has 12 heavy (non-hydrogen) atoms. The number of methoxy groups -OCH3 is 1. The van der Waals surface area contributed by atoms with Crippen LogP contribution in [0.3, 0.4) is 0 Å². The monoisotopic (exact) mass is 175 g/mol. The Hall–Kier alpha value is -0.120. The molecule has 0 rings (SSSR count). The van der Waals surface area contributed by atoms with Crippen LogP contribution in [0.4, 0.5) is 0 Å². The van der Waals surface area contributed by atoms with Gasteiger partial charge in [-0.3, -0.25) is 0 Å². The Bertz CT molecular complexity index is 88.6. The van der Waals surface area contributed by atoms with Gasteiger partial charge in [0.05, 0.1) is 6.10 Å². The van der Waals surface area contributed by atoms with E-state index in [1.807, 2.05) is 7.05 Å². The van der Waals surface area contributed by atoms with Crippen molar-refractivity contribution >= 4 is 0 Å². The highest BCUT2D eigenvalue weighted by Gasteiger charge is 1.98. The van der Waals surface area contributed by atoms with Crippen molar-refractivity contribution in [1.29, 1.82) is 0 Å². The number of hydrogen-bond acceptors (Lipinski definition) is 3. The SMILES string of the molecule is CNCC(C)OCCCCOC. The molecular weight excluding hydrogens is 154 g/mol. The van der Waals surface area contributed by atoms with Gasteiger partial charge in [0.1, 0.15) is 0 Å². The first-order valence-corrected chi connectivity index (χ1v) is 4.56. The maximum Gasteiger partial charge on any atom is 0.0671 e. The Labute approximate surface area is 75.4 Å². The summed E-state index contributed by atoms with van der Waals surface area (Å²) in [6.45, 7) is 4.67. The van der Waals surface area contributed by atoms with Gasteiger partial charge in [-0.1, -0.05) is 0 Å². The molecule has 0 spiro atoms. The highest BCUT2D eigenvalue weighted by molar-refractivity contribution is 4.51. The molecule has 1 unspecified atom stereocenters. The van der Waals surface area contributed by atoms with E-state index >= 15 is 0 Å². The zero-order chi connectivity index (χ0) is 9.23. The molecule has 0 fully saturated rings. The molecule has 3 nitrogen and oxygen atoms in total. The quantitative estimate of drug-likeness (QED) is 0.559. The molecule has 0 saturated heterocycles. The summed E-state index contributed by atoms with van der Waals surface area (Å²) >= 11 is 0. The zero-order valence-electron chi connectivity index (χ0n) is 8.43. The normalized spacial score (nSPS) is 13.2. The lowest BCUT2D eigenvalue weighted by atomic mass is 10.3. The summed E-state index contributed by atoms with van der Waals surface area (Å²) in [6.07, 6.45) is 2.49. The fraction of sp³-hybridized carbons (Fsp3) is 1.00. The van der Waals surface area contributed by atoms with Crippen molar-refractivity contribution in [3.63, 3.8) is 0 Å². The summed E-state index contributed by atoms with van der Waals surface area (Å²) in [6, 6.07) is 0. The first-order valence-electron chi connectivity index (χ1n) is 4.56. The first kappa shape index (κ1) is 11.9. The van der Waals surface area contributed by atoms with Gasteiger partial charge in [0.25, 0.3) is 0 Å². The molecule has 0 aromatic heterocycles. The molecule has 1 atom stereocenters. The van der Waals surface area contributed by atoms with E-state index in [1.165, 1.54) is 0 Å². The van der Waals surface area contributed by atoms with Crippen LogP contribution in [0.2, 0.25) is 0 Å². The van der Waals surface area contributed by atoms with E-state index in [0.29, 0.717) is 6.10 Å². The van der Waals surface area contributed by atoms with Crippen LogP contribution in [0.1, 0.15) is 19.8 Å². The first-order chi connectivity index (χ1) is 5.81. The molecule has 0 heterocycles. The minimum absolute atomic E-state index is 0.317. The number of rotatable bonds is 8. The summed E-state index contributed by atoms with van der Waals surface area (Å²) < 4.78 is 10.4. The van der Waals surface area contributed by atoms with Gasteiger partial charge >= 0.3 is 0 Å². The average molecular weight is 175 g/mol. The van der Waals surface area contributed by atoms with Crippen molar-refractivity contribution in [2.45, 2.75) is 25.9 Å². The molecule has 0 radical (unpaired) electrons. The number of nitrogens with one attached hydrogen (secondary N) is 1. The van der Waals surface area contributed by atoms with Crippen LogP contribution in [-0.2, 0) is 9.47 Å². The molecule has 0 aliphatic heterocycles. The van der Waals surface area contributed by atoms with E-state index in [0.717, 1.165) is 32.6 Å². The predicted molar refractivity (Wildman–Crippen MR) is 50.5 cm³/mol. The Kier molecular flexibility index (Phi) is 8.88. The van der Waals surface area contributed by atoms with Crippen LogP contribution in [0.15, 0.2) is 0 Å². The highest BCUT2D eigenvalue weighted by atomic mass is 16.5. The van der Waals surface area contributed by atoms with Crippen molar-refractivity contribution in [3.8, 4) is 0 Å². The Balaban J connectivity index is 2.97. The second-order valence-corrected chi connectivity index (χ2v) is 2.94. The van der Waals surface area contributed by atoms with Crippen molar-refractivity contribution in [2.24, 2.45) is 0 Å². The fourth-order valence-corrected chi connectivity index (χ4v) is 0.979. The summed E-state index contributed by atoms with van der Waals surface area (Å²) in [5.41, 5.74) is 0. The Morgan fingerprint density at radius 2 is 1.92 bits per heavy atom. The molecule has 0 bridgehead atoms. The van der Waals surface area contributed by atoms with Crippen molar-refractivity contribution in [1.82, 2.24) is 5.32 Å². The standard InChI is InChI=1S/C9H21NO2/c1-9(8-10-2)12-7-5-4-6-11-3/h9-10H,4-8H2,1-3H3.